The van der Waals surface area contributed by atoms with Gasteiger partial charge in [-0.3, -0.25) is 0 Å². The van der Waals surface area contributed by atoms with Crippen LogP contribution in [0, 0.1) is 0 Å². The maximum absolute atomic E-state index is 11.8. The molecule has 0 aliphatic carbocycles. The number of piperidine rings is 1. The molecule has 2 amide bonds. The van der Waals surface area contributed by atoms with Crippen molar-refractivity contribution < 1.29 is 4.79 Å². The molecule has 1 heterocycles. The molecule has 1 saturated heterocycles. The van der Waals surface area contributed by atoms with Crippen molar-refractivity contribution in [1.82, 2.24) is 10.6 Å². The van der Waals surface area contributed by atoms with Crippen LogP contribution in [-0.2, 0) is 0 Å². The minimum Gasteiger partial charge on any atom is -0.334 e. The summed E-state index contributed by atoms with van der Waals surface area (Å²) in [6, 6.07) is 7.43. The first-order chi connectivity index (χ1) is 8.65. The van der Waals surface area contributed by atoms with Crippen LogP contribution in [0.3, 0.4) is 0 Å². The highest BCUT2D eigenvalue weighted by atomic mass is 35.5. The van der Waals surface area contributed by atoms with Gasteiger partial charge in [0, 0.05) is 22.8 Å². The number of nitrogens with one attached hydrogen (secondary N) is 3. The lowest BCUT2D eigenvalue weighted by molar-refractivity contribution is 0.239. The van der Waals surface area contributed by atoms with Gasteiger partial charge in [-0.15, -0.1) is 0 Å². The molecule has 2 unspecified atom stereocenters. The number of urea groups is 1. The van der Waals surface area contributed by atoms with E-state index in [1.807, 2.05) is 12.1 Å². The lowest BCUT2D eigenvalue weighted by atomic mass is 10.0. The first kappa shape index (κ1) is 13.2. The monoisotopic (exact) mass is 267 g/mol. The van der Waals surface area contributed by atoms with Crippen molar-refractivity contribution in [2.45, 2.75) is 31.8 Å². The molecule has 0 saturated carbocycles. The first-order valence-corrected chi connectivity index (χ1v) is 6.59. The Morgan fingerprint density at radius 2 is 2.33 bits per heavy atom. The number of carbonyl (C=O) groups excluding carboxylic acids is 1. The SMILES string of the molecule is CC1NCCCC1NC(=O)Nc1cccc(Cl)c1. The van der Waals surface area contributed by atoms with Gasteiger partial charge in [0.2, 0.25) is 0 Å². The quantitative estimate of drug-likeness (QED) is 0.772. The summed E-state index contributed by atoms with van der Waals surface area (Å²) in [4.78, 5) is 11.8. The lowest BCUT2D eigenvalue weighted by Gasteiger charge is -2.30. The van der Waals surface area contributed by atoms with E-state index in [1.54, 1.807) is 12.1 Å². The Morgan fingerprint density at radius 3 is 3.06 bits per heavy atom. The summed E-state index contributed by atoms with van der Waals surface area (Å²) in [7, 11) is 0. The zero-order valence-corrected chi connectivity index (χ0v) is 11.1. The predicted molar refractivity (Wildman–Crippen MR) is 74.1 cm³/mol. The summed E-state index contributed by atoms with van der Waals surface area (Å²) in [5.41, 5.74) is 0.705. The van der Waals surface area contributed by atoms with Gasteiger partial charge in [0.05, 0.1) is 0 Å². The van der Waals surface area contributed by atoms with Gasteiger partial charge in [-0.2, -0.15) is 0 Å². The van der Waals surface area contributed by atoms with E-state index >= 15 is 0 Å². The summed E-state index contributed by atoms with van der Waals surface area (Å²) < 4.78 is 0. The summed E-state index contributed by atoms with van der Waals surface area (Å²) in [5, 5.41) is 9.73. The summed E-state index contributed by atoms with van der Waals surface area (Å²) >= 11 is 5.86. The van der Waals surface area contributed by atoms with E-state index in [0.717, 1.165) is 19.4 Å². The van der Waals surface area contributed by atoms with Crippen LogP contribution in [0.15, 0.2) is 24.3 Å². The minimum absolute atomic E-state index is 0.179. The van der Waals surface area contributed by atoms with Gasteiger partial charge >= 0.3 is 6.03 Å². The second-order valence-electron chi connectivity index (χ2n) is 4.60. The smallest absolute Gasteiger partial charge is 0.319 e. The van der Waals surface area contributed by atoms with Crippen LogP contribution >= 0.6 is 11.6 Å². The third kappa shape index (κ3) is 3.62. The van der Waals surface area contributed by atoms with Gasteiger partial charge < -0.3 is 16.0 Å². The number of hydrogen-bond donors (Lipinski definition) is 3. The highest BCUT2D eigenvalue weighted by Gasteiger charge is 2.22. The molecule has 0 bridgehead atoms. The molecule has 3 N–H and O–H groups in total. The van der Waals surface area contributed by atoms with Crippen molar-refractivity contribution in [3.05, 3.63) is 29.3 Å². The Morgan fingerprint density at radius 1 is 1.50 bits per heavy atom. The van der Waals surface area contributed by atoms with Crippen molar-refractivity contribution in [1.29, 1.82) is 0 Å². The van der Waals surface area contributed by atoms with Crippen LogP contribution < -0.4 is 16.0 Å². The average molecular weight is 268 g/mol. The van der Waals surface area contributed by atoms with Crippen molar-refractivity contribution in [3.8, 4) is 0 Å². The molecule has 2 atom stereocenters. The Balaban J connectivity index is 1.88. The third-order valence-corrected chi connectivity index (χ3v) is 3.40. The molecule has 4 nitrogen and oxygen atoms in total. The van der Waals surface area contributed by atoms with Crippen LogP contribution in [0.1, 0.15) is 19.8 Å². The summed E-state index contributed by atoms with van der Waals surface area (Å²) in [6.45, 7) is 3.11. The Bertz CT molecular complexity index is 424. The van der Waals surface area contributed by atoms with Gasteiger partial charge in [-0.25, -0.2) is 4.79 Å². The van der Waals surface area contributed by atoms with E-state index in [9.17, 15) is 4.79 Å². The molecule has 1 aromatic carbocycles. The lowest BCUT2D eigenvalue weighted by Crippen LogP contribution is -2.52. The van der Waals surface area contributed by atoms with Gasteiger partial charge in [-0.1, -0.05) is 17.7 Å². The van der Waals surface area contributed by atoms with Crippen molar-refractivity contribution in [3.63, 3.8) is 0 Å². The second-order valence-corrected chi connectivity index (χ2v) is 5.04. The fourth-order valence-electron chi connectivity index (χ4n) is 2.14. The zero-order chi connectivity index (χ0) is 13.0. The van der Waals surface area contributed by atoms with Crippen molar-refractivity contribution >= 4 is 23.3 Å². The molecule has 0 spiro atoms. The largest absolute Gasteiger partial charge is 0.334 e. The van der Waals surface area contributed by atoms with E-state index in [4.69, 9.17) is 11.6 Å². The zero-order valence-electron chi connectivity index (χ0n) is 10.4. The van der Waals surface area contributed by atoms with E-state index in [0.29, 0.717) is 16.8 Å². The van der Waals surface area contributed by atoms with Crippen molar-refractivity contribution in [2.24, 2.45) is 0 Å². The Labute approximate surface area is 112 Å². The molecule has 98 valence electrons. The maximum Gasteiger partial charge on any atom is 0.319 e. The second kappa shape index (κ2) is 6.07. The Hall–Kier alpha value is -1.26. The van der Waals surface area contributed by atoms with Crippen LogP contribution in [0.25, 0.3) is 0 Å². The third-order valence-electron chi connectivity index (χ3n) is 3.16. The van der Waals surface area contributed by atoms with E-state index in [-0.39, 0.29) is 12.1 Å². The van der Waals surface area contributed by atoms with Crippen LogP contribution in [-0.4, -0.2) is 24.7 Å². The number of rotatable bonds is 2. The molecular weight excluding hydrogens is 250 g/mol. The Kier molecular flexibility index (Phi) is 4.44. The molecule has 1 fully saturated rings. The maximum atomic E-state index is 11.8. The molecule has 1 aromatic rings. The highest BCUT2D eigenvalue weighted by molar-refractivity contribution is 6.30. The summed E-state index contributed by atoms with van der Waals surface area (Å²) in [5.74, 6) is 0. The molecule has 18 heavy (non-hydrogen) atoms. The van der Waals surface area contributed by atoms with Crippen LogP contribution in [0.2, 0.25) is 5.02 Å². The number of anilines is 1. The molecule has 2 rings (SSSR count). The molecule has 0 radical (unpaired) electrons. The number of carbonyl (C=O) groups is 1. The van der Waals surface area contributed by atoms with Crippen LogP contribution in [0.5, 0.6) is 0 Å². The standard InChI is InChI=1S/C13H18ClN3O/c1-9-12(6-3-7-15-9)17-13(18)16-11-5-2-4-10(14)8-11/h2,4-5,8-9,12,15H,3,6-7H2,1H3,(H2,16,17,18). The average Bonchev–Trinajstić information content (AvgIpc) is 2.32. The topological polar surface area (TPSA) is 53.2 Å². The van der Waals surface area contributed by atoms with Gasteiger partial charge in [0.1, 0.15) is 0 Å². The van der Waals surface area contributed by atoms with E-state index < -0.39 is 0 Å². The van der Waals surface area contributed by atoms with Crippen molar-refractivity contribution in [2.75, 3.05) is 11.9 Å². The normalized spacial score (nSPS) is 23.4. The predicted octanol–water partition coefficient (Wildman–Crippen LogP) is 2.60. The highest BCUT2D eigenvalue weighted by Crippen LogP contribution is 2.15. The van der Waals surface area contributed by atoms with Crippen LogP contribution in [0.4, 0.5) is 10.5 Å². The van der Waals surface area contributed by atoms with Gasteiger partial charge in [0.15, 0.2) is 0 Å². The number of benzene rings is 1. The summed E-state index contributed by atoms with van der Waals surface area (Å²) in [6.07, 6.45) is 2.10. The minimum atomic E-state index is -0.183. The molecule has 5 heteroatoms. The number of hydrogen-bond acceptors (Lipinski definition) is 2. The van der Waals surface area contributed by atoms with Gasteiger partial charge in [-0.05, 0) is 44.5 Å². The number of amides is 2. The number of halogens is 1. The van der Waals surface area contributed by atoms with E-state index in [2.05, 4.69) is 22.9 Å². The molecule has 1 aliphatic heterocycles. The molecular formula is C13H18ClN3O. The molecule has 1 aliphatic rings. The van der Waals surface area contributed by atoms with E-state index in [1.165, 1.54) is 0 Å². The molecule has 0 aromatic heterocycles. The van der Waals surface area contributed by atoms with Gasteiger partial charge in [0.25, 0.3) is 0 Å². The fraction of sp³-hybridized carbons (Fsp3) is 0.462. The fourth-order valence-corrected chi connectivity index (χ4v) is 2.33. The first-order valence-electron chi connectivity index (χ1n) is 6.21.